The lowest BCUT2D eigenvalue weighted by Gasteiger charge is -2.13. The Morgan fingerprint density at radius 2 is 2.00 bits per heavy atom. The quantitative estimate of drug-likeness (QED) is 0.744. The Bertz CT molecular complexity index is 365. The monoisotopic (exact) mass is 302 g/mol. The van der Waals surface area contributed by atoms with Crippen molar-refractivity contribution in [3.8, 4) is 5.75 Å². The van der Waals surface area contributed by atoms with E-state index in [4.69, 9.17) is 16.3 Å². The van der Waals surface area contributed by atoms with Gasteiger partial charge in [0.1, 0.15) is 5.75 Å². The molecule has 0 aliphatic rings. The second-order valence-electron chi connectivity index (χ2n) is 2.78. The van der Waals surface area contributed by atoms with E-state index in [2.05, 4.69) is 15.9 Å². The molecule has 0 aliphatic heterocycles. The van der Waals surface area contributed by atoms with Crippen molar-refractivity contribution in [2.24, 2.45) is 0 Å². The molecular formula is C9H7BrClF3O. The SMILES string of the molecule is COc1cc(C(F)(F)F)c(CCl)cc1Br. The van der Waals surface area contributed by atoms with Gasteiger partial charge in [0.2, 0.25) is 0 Å². The highest BCUT2D eigenvalue weighted by Gasteiger charge is 2.34. The van der Waals surface area contributed by atoms with Gasteiger partial charge in [-0.3, -0.25) is 0 Å². The van der Waals surface area contributed by atoms with Gasteiger partial charge in [0, 0.05) is 5.88 Å². The van der Waals surface area contributed by atoms with Gasteiger partial charge in [-0.05, 0) is 33.6 Å². The molecule has 0 atom stereocenters. The fourth-order valence-electron chi connectivity index (χ4n) is 1.13. The Labute approximate surface area is 98.3 Å². The van der Waals surface area contributed by atoms with E-state index < -0.39 is 11.7 Å². The number of hydrogen-bond acceptors (Lipinski definition) is 1. The van der Waals surface area contributed by atoms with E-state index in [1.807, 2.05) is 0 Å². The zero-order valence-electron chi connectivity index (χ0n) is 7.66. The summed E-state index contributed by atoms with van der Waals surface area (Å²) in [6.45, 7) is 0. The van der Waals surface area contributed by atoms with Crippen LogP contribution in [-0.2, 0) is 12.1 Å². The molecular weight excluding hydrogens is 296 g/mol. The maximum atomic E-state index is 12.6. The highest BCUT2D eigenvalue weighted by molar-refractivity contribution is 9.10. The summed E-state index contributed by atoms with van der Waals surface area (Å²) < 4.78 is 42.9. The first-order chi connectivity index (χ1) is 6.90. The summed E-state index contributed by atoms with van der Waals surface area (Å²) in [5.41, 5.74) is -0.741. The van der Waals surface area contributed by atoms with Gasteiger partial charge in [0.25, 0.3) is 0 Å². The smallest absolute Gasteiger partial charge is 0.416 e. The maximum absolute atomic E-state index is 12.6. The molecule has 15 heavy (non-hydrogen) atoms. The first kappa shape index (κ1) is 12.6. The van der Waals surface area contributed by atoms with Gasteiger partial charge in [0.15, 0.2) is 0 Å². The molecule has 1 aromatic carbocycles. The van der Waals surface area contributed by atoms with Crippen molar-refractivity contribution in [3.63, 3.8) is 0 Å². The number of ether oxygens (including phenoxy) is 1. The third-order valence-corrected chi connectivity index (χ3v) is 2.73. The Balaban J connectivity index is 3.36. The molecule has 0 unspecified atom stereocenters. The largest absolute Gasteiger partial charge is 0.496 e. The third-order valence-electron chi connectivity index (χ3n) is 1.83. The predicted octanol–water partition coefficient (Wildman–Crippen LogP) is 4.22. The summed E-state index contributed by atoms with van der Waals surface area (Å²) in [4.78, 5) is 0. The number of halogens is 5. The van der Waals surface area contributed by atoms with E-state index in [9.17, 15) is 13.2 Å². The van der Waals surface area contributed by atoms with Crippen molar-refractivity contribution in [2.75, 3.05) is 7.11 Å². The topological polar surface area (TPSA) is 9.23 Å². The van der Waals surface area contributed by atoms with Crippen LogP contribution in [0, 0.1) is 0 Å². The van der Waals surface area contributed by atoms with Crippen molar-refractivity contribution in [1.29, 1.82) is 0 Å². The highest BCUT2D eigenvalue weighted by atomic mass is 79.9. The van der Waals surface area contributed by atoms with E-state index in [0.29, 0.717) is 4.47 Å². The third kappa shape index (κ3) is 2.78. The van der Waals surface area contributed by atoms with Gasteiger partial charge in [-0.2, -0.15) is 13.2 Å². The summed E-state index contributed by atoms with van der Waals surface area (Å²) in [5.74, 6) is -0.0616. The van der Waals surface area contributed by atoms with E-state index >= 15 is 0 Å². The van der Waals surface area contributed by atoms with Crippen LogP contribution < -0.4 is 4.74 Å². The first-order valence-electron chi connectivity index (χ1n) is 3.89. The van der Waals surface area contributed by atoms with Gasteiger partial charge in [-0.15, -0.1) is 11.6 Å². The van der Waals surface area contributed by atoms with Crippen molar-refractivity contribution in [2.45, 2.75) is 12.1 Å². The van der Waals surface area contributed by atoms with Gasteiger partial charge < -0.3 is 4.74 Å². The molecule has 0 aromatic heterocycles. The number of rotatable bonds is 2. The van der Waals surface area contributed by atoms with Crippen LogP contribution in [0.3, 0.4) is 0 Å². The van der Waals surface area contributed by atoms with Crippen molar-refractivity contribution >= 4 is 27.5 Å². The van der Waals surface area contributed by atoms with E-state index in [1.54, 1.807) is 0 Å². The Morgan fingerprint density at radius 3 is 2.40 bits per heavy atom. The van der Waals surface area contributed by atoms with Crippen LogP contribution in [0.2, 0.25) is 0 Å². The number of benzene rings is 1. The van der Waals surface area contributed by atoms with Crippen LogP contribution in [0.4, 0.5) is 13.2 Å². The van der Waals surface area contributed by atoms with Crippen molar-refractivity contribution in [1.82, 2.24) is 0 Å². The first-order valence-corrected chi connectivity index (χ1v) is 5.22. The standard InChI is InChI=1S/C9H7BrClF3O/c1-15-8-3-6(9(12,13)14)5(4-11)2-7(8)10/h2-3H,4H2,1H3. The minimum atomic E-state index is -4.42. The fraction of sp³-hybridized carbons (Fsp3) is 0.333. The van der Waals surface area contributed by atoms with E-state index in [-0.39, 0.29) is 17.2 Å². The second kappa shape index (κ2) is 4.61. The van der Waals surface area contributed by atoms with Crippen molar-refractivity contribution in [3.05, 3.63) is 27.7 Å². The molecule has 0 N–H and O–H groups in total. The lowest BCUT2D eigenvalue weighted by molar-refractivity contribution is -0.138. The lowest BCUT2D eigenvalue weighted by atomic mass is 10.1. The Kier molecular flexibility index (Phi) is 3.89. The van der Waals surface area contributed by atoms with Gasteiger partial charge in [-0.25, -0.2) is 0 Å². The molecule has 1 aromatic rings. The number of alkyl halides is 4. The molecule has 0 aliphatic carbocycles. The number of hydrogen-bond donors (Lipinski definition) is 0. The molecule has 1 nitrogen and oxygen atoms in total. The molecule has 0 spiro atoms. The maximum Gasteiger partial charge on any atom is 0.416 e. The van der Waals surface area contributed by atoms with Crippen LogP contribution in [0.1, 0.15) is 11.1 Å². The van der Waals surface area contributed by atoms with Crippen LogP contribution in [0.15, 0.2) is 16.6 Å². The molecule has 0 amide bonds. The second-order valence-corrected chi connectivity index (χ2v) is 3.90. The van der Waals surface area contributed by atoms with Crippen LogP contribution in [0.25, 0.3) is 0 Å². The van der Waals surface area contributed by atoms with Crippen molar-refractivity contribution < 1.29 is 17.9 Å². The minimum Gasteiger partial charge on any atom is -0.496 e. The summed E-state index contributed by atoms with van der Waals surface area (Å²) in [5, 5.41) is 0. The Morgan fingerprint density at radius 1 is 1.40 bits per heavy atom. The molecule has 0 fully saturated rings. The summed E-state index contributed by atoms with van der Waals surface area (Å²) in [6, 6.07) is 2.25. The normalized spacial score (nSPS) is 11.6. The van der Waals surface area contributed by atoms with E-state index in [0.717, 1.165) is 6.07 Å². The molecule has 1 rings (SSSR count). The summed E-state index contributed by atoms with van der Waals surface area (Å²) in [7, 11) is 1.31. The molecule has 0 radical (unpaired) electrons. The molecule has 84 valence electrons. The van der Waals surface area contributed by atoms with Gasteiger partial charge >= 0.3 is 6.18 Å². The summed E-state index contributed by atoms with van der Waals surface area (Å²) >= 11 is 8.54. The van der Waals surface area contributed by atoms with Gasteiger partial charge in [-0.1, -0.05) is 0 Å². The van der Waals surface area contributed by atoms with Crippen LogP contribution in [0.5, 0.6) is 5.75 Å². The zero-order chi connectivity index (χ0) is 11.6. The average Bonchev–Trinajstić information content (AvgIpc) is 2.15. The summed E-state index contributed by atoms with van der Waals surface area (Å²) in [6.07, 6.45) is -4.42. The molecule has 0 saturated carbocycles. The molecule has 0 saturated heterocycles. The highest BCUT2D eigenvalue weighted by Crippen LogP contribution is 2.38. The molecule has 0 heterocycles. The van der Waals surface area contributed by atoms with E-state index in [1.165, 1.54) is 13.2 Å². The lowest BCUT2D eigenvalue weighted by Crippen LogP contribution is -2.09. The molecule has 0 bridgehead atoms. The van der Waals surface area contributed by atoms with Crippen LogP contribution >= 0.6 is 27.5 Å². The average molecular weight is 304 g/mol. The minimum absolute atomic E-state index is 0.0249. The fourth-order valence-corrected chi connectivity index (χ4v) is 1.90. The van der Waals surface area contributed by atoms with Gasteiger partial charge in [0.05, 0.1) is 17.1 Å². The Hall–Kier alpha value is -0.420. The number of methoxy groups -OCH3 is 1. The van der Waals surface area contributed by atoms with Crippen LogP contribution in [-0.4, -0.2) is 7.11 Å². The zero-order valence-corrected chi connectivity index (χ0v) is 10.0. The predicted molar refractivity (Wildman–Crippen MR) is 55.3 cm³/mol. The molecule has 6 heteroatoms.